The van der Waals surface area contributed by atoms with Crippen LogP contribution in [-0.2, 0) is 9.47 Å². The maximum Gasteiger partial charge on any atom is 0.411 e. The molecule has 0 heterocycles. The van der Waals surface area contributed by atoms with Gasteiger partial charge in [-0.3, -0.25) is 0 Å². The van der Waals surface area contributed by atoms with E-state index in [2.05, 4.69) is 10.1 Å². The van der Waals surface area contributed by atoms with E-state index in [1.807, 2.05) is 20.8 Å². The van der Waals surface area contributed by atoms with E-state index < -0.39 is 12.8 Å². The number of nitrogens with one attached hydrogen (secondary N) is 1. The van der Waals surface area contributed by atoms with Crippen LogP contribution in [-0.4, -0.2) is 44.7 Å². The molecule has 0 unspecified atom stereocenters. The molecule has 0 rings (SSSR count). The number of alkyl halides is 3. The first kappa shape index (κ1) is 15.7. The Morgan fingerprint density at radius 1 is 1.19 bits per heavy atom. The number of hydrogen-bond donors (Lipinski definition) is 1. The van der Waals surface area contributed by atoms with Crippen LogP contribution in [0.5, 0.6) is 0 Å². The largest absolute Gasteiger partial charge is 0.411 e. The van der Waals surface area contributed by atoms with Crippen LogP contribution in [0.4, 0.5) is 13.2 Å². The Balaban J connectivity index is 3.40. The van der Waals surface area contributed by atoms with Crippen LogP contribution in [0.2, 0.25) is 0 Å². The van der Waals surface area contributed by atoms with Crippen molar-refractivity contribution < 1.29 is 22.6 Å². The molecule has 6 heteroatoms. The lowest BCUT2D eigenvalue weighted by atomic mass is 10.1. The maximum absolute atomic E-state index is 11.7. The summed E-state index contributed by atoms with van der Waals surface area (Å²) in [6.07, 6.45) is -4.25. The fourth-order valence-electron chi connectivity index (χ4n) is 1.16. The van der Waals surface area contributed by atoms with Gasteiger partial charge in [0.05, 0.1) is 12.2 Å². The van der Waals surface area contributed by atoms with Gasteiger partial charge in [-0.05, 0) is 20.8 Å². The molecule has 3 nitrogen and oxygen atoms in total. The summed E-state index contributed by atoms with van der Waals surface area (Å²) in [7, 11) is 0. The lowest BCUT2D eigenvalue weighted by molar-refractivity contribution is -0.173. The second kappa shape index (κ2) is 7.09. The van der Waals surface area contributed by atoms with Crippen LogP contribution in [0.3, 0.4) is 0 Å². The van der Waals surface area contributed by atoms with E-state index >= 15 is 0 Å². The molecule has 0 amide bonds. The Morgan fingerprint density at radius 2 is 1.81 bits per heavy atom. The normalized spacial score (nSPS) is 13.1. The summed E-state index contributed by atoms with van der Waals surface area (Å²) >= 11 is 0. The number of hydrogen-bond acceptors (Lipinski definition) is 3. The van der Waals surface area contributed by atoms with Crippen molar-refractivity contribution in [2.24, 2.45) is 0 Å². The van der Waals surface area contributed by atoms with Crippen molar-refractivity contribution in [1.82, 2.24) is 5.32 Å². The third-order valence-electron chi connectivity index (χ3n) is 1.77. The van der Waals surface area contributed by atoms with Gasteiger partial charge in [0, 0.05) is 19.7 Å². The lowest BCUT2D eigenvalue weighted by Crippen LogP contribution is -2.39. The fourth-order valence-corrected chi connectivity index (χ4v) is 1.16. The SMILES string of the molecule is CCOC(C)(C)CNCCOCC(F)(F)F. The lowest BCUT2D eigenvalue weighted by Gasteiger charge is -2.25. The molecule has 16 heavy (non-hydrogen) atoms. The van der Waals surface area contributed by atoms with E-state index in [4.69, 9.17) is 4.74 Å². The highest BCUT2D eigenvalue weighted by Gasteiger charge is 2.27. The Bertz CT molecular complexity index is 183. The molecule has 0 atom stereocenters. The van der Waals surface area contributed by atoms with Gasteiger partial charge in [0.1, 0.15) is 6.61 Å². The first-order valence-electron chi connectivity index (χ1n) is 5.26. The van der Waals surface area contributed by atoms with Gasteiger partial charge in [0.15, 0.2) is 0 Å². The second-order valence-electron chi connectivity index (χ2n) is 4.04. The molecule has 0 fully saturated rings. The van der Waals surface area contributed by atoms with Gasteiger partial charge in [0.25, 0.3) is 0 Å². The molecule has 0 aromatic heterocycles. The van der Waals surface area contributed by atoms with Gasteiger partial charge in [-0.15, -0.1) is 0 Å². The molecule has 98 valence electrons. The third-order valence-corrected chi connectivity index (χ3v) is 1.77. The summed E-state index contributed by atoms with van der Waals surface area (Å²) in [4.78, 5) is 0. The van der Waals surface area contributed by atoms with Crippen molar-refractivity contribution in [3.8, 4) is 0 Å². The Kier molecular flexibility index (Phi) is 6.94. The van der Waals surface area contributed by atoms with Gasteiger partial charge in [-0.2, -0.15) is 13.2 Å². The van der Waals surface area contributed by atoms with E-state index in [-0.39, 0.29) is 12.2 Å². The molecule has 0 aliphatic heterocycles. The summed E-state index contributed by atoms with van der Waals surface area (Å²) < 4.78 is 44.9. The molecule has 0 aliphatic rings. The zero-order valence-electron chi connectivity index (χ0n) is 9.99. The predicted molar refractivity (Wildman–Crippen MR) is 55.4 cm³/mol. The van der Waals surface area contributed by atoms with Crippen molar-refractivity contribution in [1.29, 1.82) is 0 Å². The molecular weight excluding hydrogens is 223 g/mol. The number of ether oxygens (including phenoxy) is 2. The molecule has 0 saturated heterocycles. The van der Waals surface area contributed by atoms with Crippen LogP contribution in [0.1, 0.15) is 20.8 Å². The number of rotatable bonds is 8. The summed E-state index contributed by atoms with van der Waals surface area (Å²) in [5.41, 5.74) is -0.307. The average molecular weight is 243 g/mol. The van der Waals surface area contributed by atoms with Crippen molar-refractivity contribution in [2.75, 3.05) is 32.9 Å². The standard InChI is InChI=1S/C10H20F3NO2/c1-4-16-9(2,3)7-14-5-6-15-8-10(11,12)13/h14H,4-8H2,1-3H3. The predicted octanol–water partition coefficient (Wildman–Crippen LogP) is 1.97. The highest BCUT2D eigenvalue weighted by atomic mass is 19.4. The van der Waals surface area contributed by atoms with Gasteiger partial charge in [-0.1, -0.05) is 0 Å². The van der Waals surface area contributed by atoms with Crippen molar-refractivity contribution >= 4 is 0 Å². The topological polar surface area (TPSA) is 30.5 Å². The number of halogens is 3. The Morgan fingerprint density at radius 3 is 2.31 bits per heavy atom. The minimum absolute atomic E-state index is 0.0434. The molecule has 0 aromatic carbocycles. The molecule has 0 aromatic rings. The Labute approximate surface area is 94.3 Å². The maximum atomic E-state index is 11.7. The molecule has 0 bridgehead atoms. The van der Waals surface area contributed by atoms with E-state index in [0.29, 0.717) is 19.7 Å². The van der Waals surface area contributed by atoms with Gasteiger partial charge in [0.2, 0.25) is 0 Å². The smallest absolute Gasteiger partial charge is 0.375 e. The molecule has 0 saturated carbocycles. The van der Waals surface area contributed by atoms with Crippen molar-refractivity contribution in [2.45, 2.75) is 32.5 Å². The molecule has 1 N–H and O–H groups in total. The van der Waals surface area contributed by atoms with E-state index in [1.165, 1.54) is 0 Å². The van der Waals surface area contributed by atoms with Gasteiger partial charge >= 0.3 is 6.18 Å². The molecular formula is C10H20F3NO2. The summed E-state index contributed by atoms with van der Waals surface area (Å²) in [5, 5.41) is 2.98. The minimum atomic E-state index is -4.25. The average Bonchev–Trinajstić information content (AvgIpc) is 2.09. The second-order valence-corrected chi connectivity index (χ2v) is 4.04. The van der Waals surface area contributed by atoms with Gasteiger partial charge < -0.3 is 14.8 Å². The monoisotopic (exact) mass is 243 g/mol. The molecule has 0 spiro atoms. The summed E-state index contributed by atoms with van der Waals surface area (Å²) in [6.45, 7) is 6.15. The van der Waals surface area contributed by atoms with Crippen LogP contribution in [0.25, 0.3) is 0 Å². The fraction of sp³-hybridized carbons (Fsp3) is 1.00. The highest BCUT2D eigenvalue weighted by molar-refractivity contribution is 4.71. The highest BCUT2D eigenvalue weighted by Crippen LogP contribution is 2.14. The van der Waals surface area contributed by atoms with Crippen molar-refractivity contribution in [3.05, 3.63) is 0 Å². The van der Waals surface area contributed by atoms with Crippen LogP contribution in [0, 0.1) is 0 Å². The van der Waals surface area contributed by atoms with E-state index in [0.717, 1.165) is 0 Å². The first-order valence-corrected chi connectivity index (χ1v) is 5.26. The van der Waals surface area contributed by atoms with E-state index in [1.54, 1.807) is 0 Å². The zero-order valence-corrected chi connectivity index (χ0v) is 9.99. The van der Waals surface area contributed by atoms with Crippen LogP contribution >= 0.6 is 0 Å². The summed E-state index contributed by atoms with van der Waals surface area (Å²) in [5.74, 6) is 0. The Hall–Kier alpha value is -0.330. The quantitative estimate of drug-likeness (QED) is 0.661. The van der Waals surface area contributed by atoms with Crippen LogP contribution in [0.15, 0.2) is 0 Å². The molecule has 0 radical (unpaired) electrons. The van der Waals surface area contributed by atoms with Crippen LogP contribution < -0.4 is 5.32 Å². The first-order chi connectivity index (χ1) is 7.27. The summed E-state index contributed by atoms with van der Waals surface area (Å²) in [6, 6.07) is 0. The molecule has 0 aliphatic carbocycles. The third kappa shape index (κ3) is 10.2. The van der Waals surface area contributed by atoms with Gasteiger partial charge in [-0.25, -0.2) is 0 Å². The zero-order chi connectivity index (χ0) is 12.7. The minimum Gasteiger partial charge on any atom is -0.375 e. The van der Waals surface area contributed by atoms with Crippen molar-refractivity contribution in [3.63, 3.8) is 0 Å². The van der Waals surface area contributed by atoms with E-state index in [9.17, 15) is 13.2 Å².